The Hall–Kier alpha value is -2.92. The second-order valence-corrected chi connectivity index (χ2v) is 7.45. The van der Waals surface area contributed by atoms with Crippen LogP contribution in [-0.2, 0) is 0 Å². The molecule has 1 N–H and O–H groups in total. The lowest BCUT2D eigenvalue weighted by atomic mass is 10.1. The molecule has 136 valence electrons. The van der Waals surface area contributed by atoms with Gasteiger partial charge in [-0.2, -0.15) is 0 Å². The van der Waals surface area contributed by atoms with Crippen LogP contribution < -0.4 is 10.1 Å². The van der Waals surface area contributed by atoms with Crippen molar-refractivity contribution in [2.45, 2.75) is 19.9 Å². The molecule has 0 fully saturated rings. The van der Waals surface area contributed by atoms with Crippen LogP contribution in [0.25, 0.3) is 21.3 Å². The summed E-state index contributed by atoms with van der Waals surface area (Å²) in [5, 5.41) is 6.85. The van der Waals surface area contributed by atoms with E-state index in [0.717, 1.165) is 34.2 Å². The highest BCUT2D eigenvalue weighted by atomic mass is 32.1. The molecule has 0 aliphatic carbocycles. The summed E-state index contributed by atoms with van der Waals surface area (Å²) in [6.45, 7) is 4.04. The number of aryl methyl sites for hydroxylation is 1. The predicted molar refractivity (Wildman–Crippen MR) is 113 cm³/mol. The van der Waals surface area contributed by atoms with Gasteiger partial charge in [0.1, 0.15) is 17.4 Å². The third-order valence-corrected chi connectivity index (χ3v) is 5.44. The Morgan fingerprint density at radius 1 is 1.04 bits per heavy atom. The summed E-state index contributed by atoms with van der Waals surface area (Å²) in [4.78, 5) is 9.20. The van der Waals surface area contributed by atoms with Crippen molar-refractivity contribution in [1.82, 2.24) is 9.97 Å². The molecule has 0 aliphatic rings. The Kier molecular flexibility index (Phi) is 4.77. The number of hydrogen-bond acceptors (Lipinski definition) is 5. The highest BCUT2D eigenvalue weighted by molar-refractivity contribution is 7.17. The maximum atomic E-state index is 5.33. The lowest BCUT2D eigenvalue weighted by Gasteiger charge is -2.16. The third-order valence-electron chi connectivity index (χ3n) is 4.54. The molecule has 2 aromatic heterocycles. The smallest absolute Gasteiger partial charge is 0.130 e. The van der Waals surface area contributed by atoms with Crippen LogP contribution in [0.15, 0.2) is 60.0 Å². The number of benzene rings is 2. The molecule has 0 radical (unpaired) electrons. The van der Waals surface area contributed by atoms with Crippen LogP contribution in [0.2, 0.25) is 0 Å². The van der Waals surface area contributed by atoms with Crippen LogP contribution >= 0.6 is 11.3 Å². The second-order valence-electron chi connectivity index (χ2n) is 6.50. The topological polar surface area (TPSA) is 47.0 Å². The Morgan fingerprint density at radius 3 is 2.78 bits per heavy atom. The Morgan fingerprint density at radius 2 is 1.93 bits per heavy atom. The number of aromatic nitrogens is 2. The number of hydrogen-bond donors (Lipinski definition) is 1. The minimum Gasteiger partial charge on any atom is -0.497 e. The van der Waals surface area contributed by atoms with Gasteiger partial charge in [-0.05, 0) is 60.5 Å². The van der Waals surface area contributed by atoms with Gasteiger partial charge in [0.2, 0.25) is 0 Å². The highest BCUT2D eigenvalue weighted by Crippen LogP contribution is 2.28. The van der Waals surface area contributed by atoms with Gasteiger partial charge in [-0.15, -0.1) is 11.3 Å². The molecule has 0 spiro atoms. The molecule has 0 saturated carbocycles. The number of methoxy groups -OCH3 is 1. The van der Waals surface area contributed by atoms with Crippen molar-refractivity contribution in [3.05, 3.63) is 71.4 Å². The van der Waals surface area contributed by atoms with E-state index in [0.29, 0.717) is 0 Å². The Labute approximate surface area is 162 Å². The van der Waals surface area contributed by atoms with Crippen molar-refractivity contribution >= 4 is 27.2 Å². The normalized spacial score (nSPS) is 12.1. The molecule has 0 aliphatic heterocycles. The number of anilines is 1. The summed E-state index contributed by atoms with van der Waals surface area (Å²) >= 11 is 1.75. The van der Waals surface area contributed by atoms with Crippen molar-refractivity contribution < 1.29 is 4.74 Å². The molecule has 0 amide bonds. The van der Waals surface area contributed by atoms with E-state index in [-0.39, 0.29) is 6.04 Å². The minimum atomic E-state index is 0.0987. The quantitative estimate of drug-likeness (QED) is 0.475. The fourth-order valence-electron chi connectivity index (χ4n) is 3.13. The van der Waals surface area contributed by atoms with E-state index in [9.17, 15) is 0 Å². The number of fused-ring (bicyclic) bond motifs is 1. The van der Waals surface area contributed by atoms with Crippen LogP contribution in [0.3, 0.4) is 0 Å². The van der Waals surface area contributed by atoms with E-state index < -0.39 is 0 Å². The molecule has 0 bridgehead atoms. The monoisotopic (exact) mass is 375 g/mol. The van der Waals surface area contributed by atoms with Gasteiger partial charge in [-0.1, -0.05) is 18.2 Å². The van der Waals surface area contributed by atoms with E-state index in [2.05, 4.69) is 57.9 Å². The van der Waals surface area contributed by atoms with Gasteiger partial charge in [0.15, 0.2) is 0 Å². The molecule has 1 unspecified atom stereocenters. The third kappa shape index (κ3) is 3.78. The number of ether oxygens (including phenoxy) is 1. The first-order valence-corrected chi connectivity index (χ1v) is 9.74. The second kappa shape index (κ2) is 7.37. The van der Waals surface area contributed by atoms with Crippen LogP contribution in [0.4, 0.5) is 5.82 Å². The summed E-state index contributed by atoms with van der Waals surface area (Å²) in [5.41, 5.74) is 3.17. The molecule has 4 rings (SSSR count). The first-order chi connectivity index (χ1) is 13.1. The molecule has 4 aromatic rings. The fourth-order valence-corrected chi connectivity index (χ4v) is 3.90. The van der Waals surface area contributed by atoms with Crippen molar-refractivity contribution in [2.24, 2.45) is 0 Å². The van der Waals surface area contributed by atoms with Crippen molar-refractivity contribution in [2.75, 3.05) is 12.4 Å². The molecule has 4 nitrogen and oxygen atoms in total. The van der Waals surface area contributed by atoms with E-state index in [1.807, 2.05) is 31.2 Å². The van der Waals surface area contributed by atoms with Gasteiger partial charge < -0.3 is 10.1 Å². The number of rotatable bonds is 5. The summed E-state index contributed by atoms with van der Waals surface area (Å²) in [6.07, 6.45) is 0. The zero-order valence-electron chi connectivity index (χ0n) is 15.6. The zero-order chi connectivity index (χ0) is 18.8. The lowest BCUT2D eigenvalue weighted by Crippen LogP contribution is -2.09. The van der Waals surface area contributed by atoms with Crippen molar-refractivity contribution in [3.8, 4) is 17.0 Å². The summed E-state index contributed by atoms with van der Waals surface area (Å²) < 4.78 is 6.61. The average Bonchev–Trinajstić information content (AvgIpc) is 3.15. The van der Waals surface area contributed by atoms with Crippen LogP contribution in [0.5, 0.6) is 5.75 Å². The van der Waals surface area contributed by atoms with E-state index in [1.54, 1.807) is 18.4 Å². The SMILES string of the molecule is COc1cccc(C(C)Nc2cc(-c3ccc4sccc4c3)nc(C)n2)c1. The predicted octanol–water partition coefficient (Wildman–Crippen LogP) is 5.85. The Balaban J connectivity index is 1.63. The van der Waals surface area contributed by atoms with Crippen LogP contribution in [-0.4, -0.2) is 17.1 Å². The summed E-state index contributed by atoms with van der Waals surface area (Å²) in [5.74, 6) is 2.42. The standard InChI is InChI=1S/C22H21N3OS/c1-14(16-5-4-6-19(12-16)26-3)23-22-13-20(24-15(2)25-22)17-7-8-21-18(11-17)9-10-27-21/h4-14H,1-3H3,(H,23,24,25). The van der Waals surface area contributed by atoms with Crippen molar-refractivity contribution in [3.63, 3.8) is 0 Å². The largest absolute Gasteiger partial charge is 0.497 e. The summed E-state index contributed by atoms with van der Waals surface area (Å²) in [7, 11) is 1.68. The lowest BCUT2D eigenvalue weighted by molar-refractivity contribution is 0.414. The zero-order valence-corrected chi connectivity index (χ0v) is 16.4. The average molecular weight is 375 g/mol. The summed E-state index contributed by atoms with van der Waals surface area (Å²) in [6, 6.07) is 18.8. The van der Waals surface area contributed by atoms with Gasteiger partial charge in [-0.3, -0.25) is 0 Å². The van der Waals surface area contributed by atoms with Gasteiger partial charge in [0.25, 0.3) is 0 Å². The van der Waals surface area contributed by atoms with E-state index in [4.69, 9.17) is 4.74 Å². The fraction of sp³-hybridized carbons (Fsp3) is 0.182. The molecular weight excluding hydrogens is 354 g/mol. The first-order valence-electron chi connectivity index (χ1n) is 8.86. The highest BCUT2D eigenvalue weighted by Gasteiger charge is 2.10. The number of thiophene rings is 1. The molecule has 0 saturated heterocycles. The number of nitrogens with one attached hydrogen (secondary N) is 1. The van der Waals surface area contributed by atoms with Gasteiger partial charge in [0, 0.05) is 16.3 Å². The maximum Gasteiger partial charge on any atom is 0.130 e. The van der Waals surface area contributed by atoms with E-state index in [1.165, 1.54) is 10.1 Å². The van der Waals surface area contributed by atoms with Gasteiger partial charge in [0.05, 0.1) is 18.8 Å². The van der Waals surface area contributed by atoms with Gasteiger partial charge in [-0.25, -0.2) is 9.97 Å². The van der Waals surface area contributed by atoms with E-state index >= 15 is 0 Å². The number of nitrogens with zero attached hydrogens (tertiary/aromatic N) is 2. The van der Waals surface area contributed by atoms with Gasteiger partial charge >= 0.3 is 0 Å². The molecule has 27 heavy (non-hydrogen) atoms. The molecule has 2 aromatic carbocycles. The molecule has 5 heteroatoms. The van der Waals surface area contributed by atoms with Crippen LogP contribution in [0.1, 0.15) is 24.4 Å². The Bertz CT molecular complexity index is 1090. The van der Waals surface area contributed by atoms with Crippen molar-refractivity contribution in [1.29, 1.82) is 0 Å². The first kappa shape index (κ1) is 17.5. The molecular formula is C22H21N3OS. The minimum absolute atomic E-state index is 0.0987. The maximum absolute atomic E-state index is 5.33. The molecule has 2 heterocycles. The van der Waals surface area contributed by atoms with Crippen LogP contribution in [0, 0.1) is 6.92 Å². The molecule has 1 atom stereocenters.